The molecule has 0 radical (unpaired) electrons. The van der Waals surface area contributed by atoms with Crippen LogP contribution in [0.2, 0.25) is 0 Å². The number of halogens is 3. The summed E-state index contributed by atoms with van der Waals surface area (Å²) in [6.45, 7) is 0.385. The fourth-order valence-corrected chi connectivity index (χ4v) is 2.17. The van der Waals surface area contributed by atoms with Crippen molar-refractivity contribution < 1.29 is 18.8 Å². The number of hydrogen-bond donors (Lipinski definition) is 2. The number of benzene rings is 2. The van der Waals surface area contributed by atoms with E-state index in [1.165, 1.54) is 12.1 Å². The average Bonchev–Trinajstić information content (AvgIpc) is 2.54. The zero-order valence-electron chi connectivity index (χ0n) is 13.1. The molecule has 0 aliphatic rings. The lowest BCUT2D eigenvalue weighted by molar-refractivity contribution is -0.385. The van der Waals surface area contributed by atoms with Crippen LogP contribution in [0, 0.1) is 21.7 Å². The number of nitro benzene ring substituents is 1. The van der Waals surface area contributed by atoms with E-state index < -0.39 is 22.7 Å². The predicted molar refractivity (Wildman–Crippen MR) is 93.6 cm³/mol. The van der Waals surface area contributed by atoms with Gasteiger partial charge in [-0.15, -0.1) is 12.4 Å². The Balaban J connectivity index is 0.00000312. The topological polar surface area (TPSA) is 75.4 Å². The zero-order valence-corrected chi connectivity index (χ0v) is 13.9. The first-order chi connectivity index (χ1) is 11.5. The van der Waals surface area contributed by atoms with Crippen molar-refractivity contribution in [3.05, 3.63) is 81.4 Å². The molecule has 0 amide bonds. The summed E-state index contributed by atoms with van der Waals surface area (Å²) in [5.41, 5.74) is 0.475. The van der Waals surface area contributed by atoms with Crippen LogP contribution in [0.5, 0.6) is 0 Å². The Kier molecular flexibility index (Phi) is 8.13. The van der Waals surface area contributed by atoms with Crippen LogP contribution < -0.4 is 5.32 Å². The molecule has 0 spiro atoms. The van der Waals surface area contributed by atoms with Crippen molar-refractivity contribution in [2.75, 3.05) is 13.1 Å². The summed E-state index contributed by atoms with van der Waals surface area (Å²) < 4.78 is 26.3. The third kappa shape index (κ3) is 5.90. The second-order valence-corrected chi connectivity index (χ2v) is 5.06. The van der Waals surface area contributed by atoms with E-state index in [0.717, 1.165) is 6.07 Å². The van der Waals surface area contributed by atoms with Gasteiger partial charge >= 0.3 is 0 Å². The van der Waals surface area contributed by atoms with Crippen LogP contribution in [0.1, 0.15) is 17.2 Å². The smallest absolute Gasteiger partial charge is 0.276 e. The summed E-state index contributed by atoms with van der Waals surface area (Å²) >= 11 is 0. The number of aliphatic hydroxyl groups excluding tert-OH is 1. The fraction of sp³-hybridized carbons (Fsp3) is 0.176. The van der Waals surface area contributed by atoms with Crippen molar-refractivity contribution in [2.24, 2.45) is 0 Å². The van der Waals surface area contributed by atoms with Gasteiger partial charge in [-0.05, 0) is 12.1 Å². The average molecular weight is 371 g/mol. The minimum absolute atomic E-state index is 0. The molecule has 25 heavy (non-hydrogen) atoms. The Hall–Kier alpha value is -2.35. The molecule has 0 aliphatic carbocycles. The number of nitrogens with zero attached hydrogens (tertiary/aromatic N) is 1. The lowest BCUT2D eigenvalue weighted by atomic mass is 10.1. The van der Waals surface area contributed by atoms with Gasteiger partial charge in [0.25, 0.3) is 5.69 Å². The van der Waals surface area contributed by atoms with Crippen LogP contribution in [-0.2, 0) is 0 Å². The molecule has 2 N–H and O–H groups in total. The number of hydrogen-bond acceptors (Lipinski definition) is 4. The number of aliphatic hydroxyl groups is 1. The first-order valence-electron chi connectivity index (χ1n) is 7.22. The molecule has 0 bridgehead atoms. The summed E-state index contributed by atoms with van der Waals surface area (Å²) in [5, 5.41) is 23.6. The highest BCUT2D eigenvalue weighted by molar-refractivity contribution is 5.85. The summed E-state index contributed by atoms with van der Waals surface area (Å²) in [6, 6.07) is 9.30. The van der Waals surface area contributed by atoms with Gasteiger partial charge in [0.05, 0.1) is 16.6 Å². The molecule has 0 saturated heterocycles. The first-order valence-corrected chi connectivity index (χ1v) is 7.22. The SMILES string of the molecule is Cl.O=[N+]([O-])c1ccccc1C=CCNCC(O)c1ccc(F)cc1F. The molecule has 1 unspecified atom stereocenters. The van der Waals surface area contributed by atoms with Crippen LogP contribution in [-0.4, -0.2) is 23.1 Å². The van der Waals surface area contributed by atoms with E-state index in [9.17, 15) is 24.0 Å². The van der Waals surface area contributed by atoms with Gasteiger partial charge in [-0.3, -0.25) is 10.1 Å². The Morgan fingerprint density at radius 3 is 2.64 bits per heavy atom. The Morgan fingerprint density at radius 2 is 1.96 bits per heavy atom. The maximum atomic E-state index is 13.5. The molecule has 8 heteroatoms. The molecular formula is C17H17ClF2N2O3. The molecule has 0 saturated carbocycles. The van der Waals surface area contributed by atoms with Crippen LogP contribution in [0.15, 0.2) is 48.5 Å². The molecule has 5 nitrogen and oxygen atoms in total. The van der Waals surface area contributed by atoms with E-state index in [4.69, 9.17) is 0 Å². The predicted octanol–water partition coefficient (Wildman–Crippen LogP) is 3.63. The summed E-state index contributed by atoms with van der Waals surface area (Å²) in [7, 11) is 0. The Morgan fingerprint density at radius 1 is 1.24 bits per heavy atom. The highest BCUT2D eigenvalue weighted by atomic mass is 35.5. The minimum Gasteiger partial charge on any atom is -0.387 e. The monoisotopic (exact) mass is 370 g/mol. The second-order valence-electron chi connectivity index (χ2n) is 5.06. The van der Waals surface area contributed by atoms with Crippen molar-refractivity contribution >= 4 is 24.2 Å². The van der Waals surface area contributed by atoms with Crippen LogP contribution in [0.4, 0.5) is 14.5 Å². The maximum absolute atomic E-state index is 13.5. The fourth-order valence-electron chi connectivity index (χ4n) is 2.17. The van der Waals surface area contributed by atoms with Crippen molar-refractivity contribution in [3.63, 3.8) is 0 Å². The minimum atomic E-state index is -1.12. The van der Waals surface area contributed by atoms with Gasteiger partial charge in [-0.1, -0.05) is 30.4 Å². The van der Waals surface area contributed by atoms with Crippen molar-refractivity contribution in [1.82, 2.24) is 5.32 Å². The summed E-state index contributed by atoms with van der Waals surface area (Å²) in [4.78, 5) is 10.4. The van der Waals surface area contributed by atoms with Crippen LogP contribution >= 0.6 is 12.4 Å². The zero-order chi connectivity index (χ0) is 17.5. The molecule has 2 aromatic rings. The van der Waals surface area contributed by atoms with Crippen molar-refractivity contribution in [1.29, 1.82) is 0 Å². The number of nitrogens with one attached hydrogen (secondary N) is 1. The standard InChI is InChI=1S/C17H16F2N2O3.ClH/c18-13-7-8-14(15(19)10-13)17(22)11-20-9-3-5-12-4-1-2-6-16(12)21(23)24;/h1-8,10,17,20,22H,9,11H2;1H. The molecule has 2 aromatic carbocycles. The quantitative estimate of drug-likeness (QED) is 0.443. The van der Waals surface area contributed by atoms with E-state index in [1.807, 2.05) is 0 Å². The highest BCUT2D eigenvalue weighted by Crippen LogP contribution is 2.19. The van der Waals surface area contributed by atoms with Crippen molar-refractivity contribution in [3.8, 4) is 0 Å². The number of nitro groups is 1. The van der Waals surface area contributed by atoms with Gasteiger partial charge in [0.1, 0.15) is 11.6 Å². The summed E-state index contributed by atoms with van der Waals surface area (Å²) in [5.74, 6) is -1.51. The van der Waals surface area contributed by atoms with E-state index >= 15 is 0 Å². The molecule has 2 rings (SSSR count). The van der Waals surface area contributed by atoms with Gasteiger partial charge in [-0.2, -0.15) is 0 Å². The third-order valence-electron chi connectivity index (χ3n) is 3.35. The van der Waals surface area contributed by atoms with Gasteiger partial charge in [0.2, 0.25) is 0 Å². The molecule has 0 fully saturated rings. The largest absolute Gasteiger partial charge is 0.387 e. The van der Waals surface area contributed by atoms with E-state index in [-0.39, 0.29) is 30.2 Å². The van der Waals surface area contributed by atoms with Crippen LogP contribution in [0.3, 0.4) is 0 Å². The lowest BCUT2D eigenvalue weighted by Gasteiger charge is -2.12. The van der Waals surface area contributed by atoms with Gasteiger partial charge in [0, 0.05) is 30.8 Å². The highest BCUT2D eigenvalue weighted by Gasteiger charge is 2.13. The van der Waals surface area contributed by atoms with Gasteiger partial charge < -0.3 is 10.4 Å². The molecule has 0 aliphatic heterocycles. The summed E-state index contributed by atoms with van der Waals surface area (Å²) in [6.07, 6.45) is 2.14. The first kappa shape index (κ1) is 20.7. The molecule has 0 aromatic heterocycles. The van der Waals surface area contributed by atoms with E-state index in [0.29, 0.717) is 18.2 Å². The van der Waals surface area contributed by atoms with E-state index in [1.54, 1.807) is 30.4 Å². The Labute approximate surface area is 149 Å². The van der Waals surface area contributed by atoms with Crippen molar-refractivity contribution in [2.45, 2.75) is 6.10 Å². The molecule has 0 heterocycles. The lowest BCUT2D eigenvalue weighted by Crippen LogP contribution is -2.22. The third-order valence-corrected chi connectivity index (χ3v) is 3.35. The molecule has 1 atom stereocenters. The number of para-hydroxylation sites is 1. The van der Waals surface area contributed by atoms with E-state index in [2.05, 4.69) is 5.32 Å². The van der Waals surface area contributed by atoms with Gasteiger partial charge in [0.15, 0.2) is 0 Å². The second kappa shape index (κ2) is 9.83. The number of rotatable bonds is 7. The van der Waals surface area contributed by atoms with Gasteiger partial charge in [-0.25, -0.2) is 8.78 Å². The van der Waals surface area contributed by atoms with Crippen LogP contribution in [0.25, 0.3) is 6.08 Å². The Bertz CT molecular complexity index is 756. The molecular weight excluding hydrogens is 354 g/mol. The molecule has 134 valence electrons. The maximum Gasteiger partial charge on any atom is 0.276 e. The normalized spacial score (nSPS) is 12.0.